The first-order valence-electron chi connectivity index (χ1n) is 5.56. The van der Waals surface area contributed by atoms with Crippen molar-refractivity contribution in [2.45, 2.75) is 0 Å². The van der Waals surface area contributed by atoms with Crippen molar-refractivity contribution in [2.75, 3.05) is 11.9 Å². The Labute approximate surface area is 124 Å². The van der Waals surface area contributed by atoms with Crippen LogP contribution in [0.15, 0.2) is 30.3 Å². The third-order valence-electron chi connectivity index (χ3n) is 2.32. The highest BCUT2D eigenvalue weighted by Crippen LogP contribution is 2.23. The van der Waals surface area contributed by atoms with Gasteiger partial charge in [-0.1, -0.05) is 23.4 Å². The van der Waals surface area contributed by atoms with E-state index in [1.807, 2.05) is 0 Å². The molecule has 0 fully saturated rings. The molecule has 1 amide bonds. The third-order valence-corrected chi connectivity index (χ3v) is 3.55. The van der Waals surface area contributed by atoms with Crippen LogP contribution in [-0.4, -0.2) is 17.6 Å². The van der Waals surface area contributed by atoms with Crippen molar-refractivity contribution in [2.24, 2.45) is 0 Å². The van der Waals surface area contributed by atoms with Gasteiger partial charge in [0.05, 0.1) is 14.8 Å². The summed E-state index contributed by atoms with van der Waals surface area (Å²) in [7, 11) is 0. The average Bonchev–Trinajstić information content (AvgIpc) is 2.86. The number of anilines is 1. The van der Waals surface area contributed by atoms with Crippen molar-refractivity contribution >= 4 is 34.5 Å². The maximum absolute atomic E-state index is 13.4. The standard InChI is InChI=1S/C14H9ClFNO2S/c15-13-6-5-12(20-13)14(19)17-10-3-4-11(16)9(8-10)2-1-7-18/h3-6,8,18H,7H2,(H,17,19). The van der Waals surface area contributed by atoms with E-state index in [2.05, 4.69) is 17.2 Å². The summed E-state index contributed by atoms with van der Waals surface area (Å²) in [5.41, 5.74) is 0.532. The first-order valence-corrected chi connectivity index (χ1v) is 6.75. The molecule has 2 aromatic rings. The largest absolute Gasteiger partial charge is 0.384 e. The van der Waals surface area contributed by atoms with Crippen LogP contribution in [-0.2, 0) is 0 Å². The number of benzene rings is 1. The minimum atomic E-state index is -0.511. The molecule has 0 aliphatic carbocycles. The van der Waals surface area contributed by atoms with Crippen molar-refractivity contribution in [1.82, 2.24) is 0 Å². The minimum Gasteiger partial charge on any atom is -0.384 e. The lowest BCUT2D eigenvalue weighted by molar-refractivity contribution is 0.103. The highest BCUT2D eigenvalue weighted by molar-refractivity contribution is 7.18. The summed E-state index contributed by atoms with van der Waals surface area (Å²) in [4.78, 5) is 12.4. The van der Waals surface area contributed by atoms with Crippen LogP contribution in [0.4, 0.5) is 10.1 Å². The van der Waals surface area contributed by atoms with Gasteiger partial charge in [-0.15, -0.1) is 11.3 Å². The van der Waals surface area contributed by atoms with Gasteiger partial charge in [0.1, 0.15) is 12.4 Å². The summed E-state index contributed by atoms with van der Waals surface area (Å²) in [6.45, 7) is -0.357. The second-order valence-corrected chi connectivity index (χ2v) is 5.43. The van der Waals surface area contributed by atoms with E-state index in [-0.39, 0.29) is 18.1 Å². The van der Waals surface area contributed by atoms with E-state index in [0.29, 0.717) is 14.9 Å². The Bertz CT molecular complexity index is 703. The second-order valence-electron chi connectivity index (χ2n) is 3.71. The number of carbonyl (C=O) groups excluding carboxylic acids is 1. The van der Waals surface area contributed by atoms with Crippen LogP contribution in [0.25, 0.3) is 0 Å². The van der Waals surface area contributed by atoms with Gasteiger partial charge < -0.3 is 10.4 Å². The fraction of sp³-hybridized carbons (Fsp3) is 0.0714. The van der Waals surface area contributed by atoms with Crippen molar-refractivity contribution in [1.29, 1.82) is 0 Å². The normalized spacial score (nSPS) is 9.75. The predicted molar refractivity (Wildman–Crippen MR) is 77.6 cm³/mol. The summed E-state index contributed by atoms with van der Waals surface area (Å²) in [5.74, 6) is 4.00. The maximum Gasteiger partial charge on any atom is 0.265 e. The highest BCUT2D eigenvalue weighted by Gasteiger charge is 2.10. The van der Waals surface area contributed by atoms with Crippen molar-refractivity contribution in [3.05, 3.63) is 50.9 Å². The molecule has 0 unspecified atom stereocenters. The van der Waals surface area contributed by atoms with E-state index in [9.17, 15) is 9.18 Å². The van der Waals surface area contributed by atoms with Crippen LogP contribution in [0.1, 0.15) is 15.2 Å². The molecular formula is C14H9ClFNO2S. The Morgan fingerprint density at radius 3 is 2.85 bits per heavy atom. The van der Waals surface area contributed by atoms with Gasteiger partial charge in [0.2, 0.25) is 0 Å². The Hall–Kier alpha value is -1.87. The van der Waals surface area contributed by atoms with E-state index in [4.69, 9.17) is 16.7 Å². The number of thiophene rings is 1. The van der Waals surface area contributed by atoms with E-state index >= 15 is 0 Å². The molecule has 0 saturated carbocycles. The summed E-state index contributed by atoms with van der Waals surface area (Å²) in [6, 6.07) is 7.29. The maximum atomic E-state index is 13.4. The van der Waals surface area contributed by atoms with E-state index < -0.39 is 5.82 Å². The summed E-state index contributed by atoms with van der Waals surface area (Å²) < 4.78 is 14.0. The average molecular weight is 310 g/mol. The third kappa shape index (κ3) is 3.58. The van der Waals surface area contributed by atoms with Gasteiger partial charge in [0, 0.05) is 5.69 Å². The number of aliphatic hydroxyl groups is 1. The summed E-state index contributed by atoms with van der Waals surface area (Å²) in [6.07, 6.45) is 0. The van der Waals surface area contributed by atoms with Crippen LogP contribution < -0.4 is 5.32 Å². The molecule has 0 saturated heterocycles. The molecule has 1 aromatic heterocycles. The quantitative estimate of drug-likeness (QED) is 0.837. The van der Waals surface area contributed by atoms with Crippen molar-refractivity contribution < 1.29 is 14.3 Å². The van der Waals surface area contributed by atoms with Crippen LogP contribution in [0, 0.1) is 17.7 Å². The Kier molecular flexibility index (Phi) is 4.74. The molecule has 0 bridgehead atoms. The molecule has 2 N–H and O–H groups in total. The second kappa shape index (κ2) is 6.53. The molecule has 20 heavy (non-hydrogen) atoms. The minimum absolute atomic E-state index is 0.112. The summed E-state index contributed by atoms with van der Waals surface area (Å²) in [5, 5.41) is 11.2. The first-order chi connectivity index (χ1) is 9.60. The van der Waals surface area contributed by atoms with Gasteiger partial charge in [-0.3, -0.25) is 4.79 Å². The van der Waals surface area contributed by atoms with Gasteiger partial charge in [-0.2, -0.15) is 0 Å². The lowest BCUT2D eigenvalue weighted by atomic mass is 10.2. The fourth-order valence-electron chi connectivity index (χ4n) is 1.46. The number of halogens is 2. The Morgan fingerprint density at radius 2 is 2.20 bits per heavy atom. The Balaban J connectivity index is 2.19. The van der Waals surface area contributed by atoms with Crippen molar-refractivity contribution in [3.63, 3.8) is 0 Å². The van der Waals surface area contributed by atoms with Crippen LogP contribution in [0.5, 0.6) is 0 Å². The molecule has 3 nitrogen and oxygen atoms in total. The molecule has 1 heterocycles. The monoisotopic (exact) mass is 309 g/mol. The van der Waals surface area contributed by atoms with E-state index in [1.54, 1.807) is 12.1 Å². The van der Waals surface area contributed by atoms with Crippen molar-refractivity contribution in [3.8, 4) is 11.8 Å². The molecule has 0 aliphatic heterocycles. The zero-order chi connectivity index (χ0) is 14.5. The van der Waals surface area contributed by atoms with Gasteiger partial charge in [-0.25, -0.2) is 4.39 Å². The number of hydrogen-bond acceptors (Lipinski definition) is 3. The van der Waals surface area contributed by atoms with Gasteiger partial charge >= 0.3 is 0 Å². The SMILES string of the molecule is O=C(Nc1ccc(F)c(C#CCO)c1)c1ccc(Cl)s1. The molecule has 0 aliphatic rings. The van der Waals surface area contributed by atoms with Crippen LogP contribution >= 0.6 is 22.9 Å². The number of rotatable bonds is 2. The molecule has 102 valence electrons. The number of carbonyl (C=O) groups is 1. The number of aliphatic hydroxyl groups excluding tert-OH is 1. The van der Waals surface area contributed by atoms with Gasteiger partial charge in [0.25, 0.3) is 5.91 Å². The topological polar surface area (TPSA) is 49.3 Å². The predicted octanol–water partition coefficient (Wildman–Crippen LogP) is 3.14. The zero-order valence-corrected chi connectivity index (χ0v) is 11.7. The number of nitrogens with one attached hydrogen (secondary N) is 1. The number of hydrogen-bond donors (Lipinski definition) is 2. The summed E-state index contributed by atoms with van der Waals surface area (Å²) >= 11 is 6.91. The van der Waals surface area contributed by atoms with Gasteiger partial charge in [-0.05, 0) is 30.3 Å². The van der Waals surface area contributed by atoms with Gasteiger partial charge in [0.15, 0.2) is 0 Å². The van der Waals surface area contributed by atoms with E-state index in [1.165, 1.54) is 18.2 Å². The smallest absolute Gasteiger partial charge is 0.265 e. The molecule has 2 rings (SSSR count). The molecule has 1 aromatic carbocycles. The molecule has 0 radical (unpaired) electrons. The van der Waals surface area contributed by atoms with Crippen LogP contribution in [0.3, 0.4) is 0 Å². The highest BCUT2D eigenvalue weighted by atomic mass is 35.5. The first kappa shape index (κ1) is 14.5. The Morgan fingerprint density at radius 1 is 1.40 bits per heavy atom. The zero-order valence-electron chi connectivity index (χ0n) is 10.1. The molecule has 0 atom stereocenters. The molecule has 6 heteroatoms. The van der Waals surface area contributed by atoms with E-state index in [0.717, 1.165) is 11.3 Å². The molecular weight excluding hydrogens is 301 g/mol. The molecule has 0 spiro atoms. The lowest BCUT2D eigenvalue weighted by Crippen LogP contribution is -2.10. The number of amides is 1. The fourth-order valence-corrected chi connectivity index (χ4v) is 2.40. The lowest BCUT2D eigenvalue weighted by Gasteiger charge is -2.04. The van der Waals surface area contributed by atoms with Crippen LogP contribution in [0.2, 0.25) is 4.34 Å².